The zero-order valence-electron chi connectivity index (χ0n) is 11.9. The molecule has 0 spiro atoms. The van der Waals surface area contributed by atoms with Crippen LogP contribution >= 0.6 is 0 Å². The first-order chi connectivity index (χ1) is 8.77. The molecule has 1 saturated heterocycles. The summed E-state index contributed by atoms with van der Waals surface area (Å²) in [6, 6.07) is 0. The molecule has 1 heterocycles. The molecule has 1 rings (SSSR count). The van der Waals surface area contributed by atoms with Crippen molar-refractivity contribution in [2.75, 3.05) is 40.4 Å². The third-order valence-corrected chi connectivity index (χ3v) is 3.76. The molecule has 1 fully saturated rings. The van der Waals surface area contributed by atoms with Gasteiger partial charge >= 0.3 is 0 Å². The maximum atomic E-state index is 11.7. The average molecular weight is 256 g/mol. The molecule has 0 aromatic carbocycles. The highest BCUT2D eigenvalue weighted by Crippen LogP contribution is 2.14. The molecule has 0 bridgehead atoms. The van der Waals surface area contributed by atoms with Crippen LogP contribution in [0, 0.1) is 5.92 Å². The van der Waals surface area contributed by atoms with Crippen LogP contribution in [0.3, 0.4) is 0 Å². The van der Waals surface area contributed by atoms with Crippen LogP contribution in [0.5, 0.6) is 0 Å². The van der Waals surface area contributed by atoms with Gasteiger partial charge in [-0.2, -0.15) is 0 Å². The number of likely N-dealkylation sites (tertiary alicyclic amines) is 1. The fourth-order valence-electron chi connectivity index (χ4n) is 2.62. The van der Waals surface area contributed by atoms with Crippen molar-refractivity contribution < 1.29 is 9.53 Å². The van der Waals surface area contributed by atoms with E-state index in [4.69, 9.17) is 4.74 Å². The van der Waals surface area contributed by atoms with Crippen LogP contribution in [-0.4, -0.2) is 51.2 Å². The second-order valence-corrected chi connectivity index (χ2v) is 5.14. The number of methoxy groups -OCH3 is 1. The van der Waals surface area contributed by atoms with Gasteiger partial charge in [-0.15, -0.1) is 0 Å². The van der Waals surface area contributed by atoms with Gasteiger partial charge in [-0.3, -0.25) is 4.79 Å². The third kappa shape index (κ3) is 5.83. The Labute approximate surface area is 111 Å². The van der Waals surface area contributed by atoms with Crippen LogP contribution in [-0.2, 0) is 9.53 Å². The number of hydrogen-bond donors (Lipinski definition) is 1. The zero-order valence-corrected chi connectivity index (χ0v) is 11.9. The highest BCUT2D eigenvalue weighted by Gasteiger charge is 2.17. The van der Waals surface area contributed by atoms with Crippen LogP contribution in [0.4, 0.5) is 0 Å². The van der Waals surface area contributed by atoms with E-state index in [-0.39, 0.29) is 11.8 Å². The molecule has 1 N–H and O–H groups in total. The van der Waals surface area contributed by atoms with Gasteiger partial charge in [0.05, 0.1) is 0 Å². The third-order valence-electron chi connectivity index (χ3n) is 3.76. The largest absolute Gasteiger partial charge is 0.385 e. The molecule has 4 nitrogen and oxygen atoms in total. The Kier molecular flexibility index (Phi) is 8.01. The molecule has 0 aliphatic carbocycles. The molecule has 1 aliphatic rings. The van der Waals surface area contributed by atoms with E-state index < -0.39 is 0 Å². The van der Waals surface area contributed by atoms with Gasteiger partial charge in [0, 0.05) is 26.7 Å². The van der Waals surface area contributed by atoms with Crippen LogP contribution < -0.4 is 5.32 Å². The highest BCUT2D eigenvalue weighted by molar-refractivity contribution is 5.78. The summed E-state index contributed by atoms with van der Waals surface area (Å²) < 4.78 is 5.07. The van der Waals surface area contributed by atoms with Gasteiger partial charge in [0.15, 0.2) is 0 Å². The van der Waals surface area contributed by atoms with Crippen molar-refractivity contribution in [2.24, 2.45) is 5.92 Å². The lowest BCUT2D eigenvalue weighted by Crippen LogP contribution is -2.32. The van der Waals surface area contributed by atoms with E-state index >= 15 is 0 Å². The lowest BCUT2D eigenvalue weighted by atomic mass is 9.98. The minimum absolute atomic E-state index is 0.111. The molecular weight excluding hydrogens is 228 g/mol. The number of ether oxygens (including phenoxy) is 1. The first kappa shape index (κ1) is 15.4. The van der Waals surface area contributed by atoms with Crippen molar-refractivity contribution in [3.63, 3.8) is 0 Å². The van der Waals surface area contributed by atoms with Gasteiger partial charge in [-0.25, -0.2) is 0 Å². The molecule has 4 heteroatoms. The Morgan fingerprint density at radius 1 is 1.28 bits per heavy atom. The summed E-state index contributed by atoms with van der Waals surface area (Å²) in [5.41, 5.74) is 0. The summed E-state index contributed by atoms with van der Waals surface area (Å²) in [7, 11) is 3.40. The van der Waals surface area contributed by atoms with Crippen molar-refractivity contribution in [3.05, 3.63) is 0 Å². The Hall–Kier alpha value is -0.610. The number of piperidine rings is 1. The predicted octanol–water partition coefficient (Wildman–Crippen LogP) is 1.65. The molecule has 0 radical (unpaired) electrons. The highest BCUT2D eigenvalue weighted by atomic mass is 16.5. The Morgan fingerprint density at radius 3 is 2.61 bits per heavy atom. The minimum Gasteiger partial charge on any atom is -0.385 e. The van der Waals surface area contributed by atoms with Crippen LogP contribution in [0.2, 0.25) is 0 Å². The maximum absolute atomic E-state index is 11.7. The lowest BCUT2D eigenvalue weighted by Gasteiger charge is -2.26. The molecule has 106 valence electrons. The van der Waals surface area contributed by atoms with Crippen molar-refractivity contribution in [1.82, 2.24) is 10.2 Å². The smallest absolute Gasteiger partial charge is 0.222 e. The number of carbonyl (C=O) groups excluding carboxylic acids is 1. The van der Waals surface area contributed by atoms with E-state index in [1.165, 1.54) is 32.4 Å². The first-order valence-electron chi connectivity index (χ1n) is 7.20. The van der Waals surface area contributed by atoms with Gasteiger partial charge in [0.1, 0.15) is 0 Å². The van der Waals surface area contributed by atoms with E-state index in [2.05, 4.69) is 10.2 Å². The van der Waals surface area contributed by atoms with Crippen molar-refractivity contribution in [1.29, 1.82) is 0 Å². The Balaban J connectivity index is 2.20. The molecule has 1 aliphatic heterocycles. The molecule has 18 heavy (non-hydrogen) atoms. The Morgan fingerprint density at radius 2 is 2.00 bits per heavy atom. The molecule has 1 atom stereocenters. The average Bonchev–Trinajstić information content (AvgIpc) is 2.43. The molecule has 0 saturated carbocycles. The second kappa shape index (κ2) is 9.34. The number of nitrogens with zero attached hydrogens (tertiary/aromatic N) is 1. The molecule has 1 unspecified atom stereocenters. The monoisotopic (exact) mass is 256 g/mol. The van der Waals surface area contributed by atoms with Crippen LogP contribution in [0.25, 0.3) is 0 Å². The van der Waals surface area contributed by atoms with Gasteiger partial charge < -0.3 is 15.0 Å². The SMILES string of the molecule is CNC(=O)C(CCCN1CCCCC1)CCOC. The molecule has 0 aromatic heterocycles. The van der Waals surface area contributed by atoms with Crippen molar-refractivity contribution >= 4 is 5.91 Å². The standard InChI is InChI=1S/C14H28N2O2/c1-15-14(17)13(8-12-18-2)7-6-11-16-9-4-3-5-10-16/h13H,3-12H2,1-2H3,(H,15,17). The van der Waals surface area contributed by atoms with E-state index in [1.807, 2.05) is 0 Å². The fourth-order valence-corrected chi connectivity index (χ4v) is 2.62. The van der Waals surface area contributed by atoms with E-state index in [0.717, 1.165) is 25.8 Å². The summed E-state index contributed by atoms with van der Waals surface area (Å²) in [5, 5.41) is 2.75. The normalized spacial score (nSPS) is 18.6. The van der Waals surface area contributed by atoms with Gasteiger partial charge in [-0.1, -0.05) is 6.42 Å². The summed E-state index contributed by atoms with van der Waals surface area (Å²) in [5.74, 6) is 0.269. The molecular formula is C14H28N2O2. The van der Waals surface area contributed by atoms with Gasteiger partial charge in [-0.05, 0) is 51.7 Å². The first-order valence-corrected chi connectivity index (χ1v) is 7.20. The van der Waals surface area contributed by atoms with E-state index in [9.17, 15) is 4.79 Å². The molecule has 1 amide bonds. The zero-order chi connectivity index (χ0) is 13.2. The van der Waals surface area contributed by atoms with Crippen LogP contribution in [0.15, 0.2) is 0 Å². The molecule has 0 aromatic rings. The summed E-state index contributed by atoms with van der Waals surface area (Å²) in [6.45, 7) is 4.29. The number of rotatable bonds is 8. The maximum Gasteiger partial charge on any atom is 0.222 e. The van der Waals surface area contributed by atoms with Crippen molar-refractivity contribution in [2.45, 2.75) is 38.5 Å². The van der Waals surface area contributed by atoms with Crippen LogP contribution in [0.1, 0.15) is 38.5 Å². The second-order valence-electron chi connectivity index (χ2n) is 5.14. The number of nitrogens with one attached hydrogen (secondary N) is 1. The van der Waals surface area contributed by atoms with E-state index in [0.29, 0.717) is 6.61 Å². The summed E-state index contributed by atoms with van der Waals surface area (Å²) in [4.78, 5) is 14.2. The number of carbonyl (C=O) groups is 1. The van der Waals surface area contributed by atoms with Gasteiger partial charge in [0.2, 0.25) is 5.91 Å². The van der Waals surface area contributed by atoms with Gasteiger partial charge in [0.25, 0.3) is 0 Å². The topological polar surface area (TPSA) is 41.6 Å². The predicted molar refractivity (Wildman–Crippen MR) is 73.6 cm³/mol. The number of hydrogen-bond acceptors (Lipinski definition) is 3. The fraction of sp³-hybridized carbons (Fsp3) is 0.929. The summed E-state index contributed by atoms with van der Waals surface area (Å²) >= 11 is 0. The Bertz CT molecular complexity index is 228. The number of amides is 1. The van der Waals surface area contributed by atoms with Crippen molar-refractivity contribution in [3.8, 4) is 0 Å². The summed E-state index contributed by atoms with van der Waals surface area (Å²) in [6.07, 6.45) is 6.97. The van der Waals surface area contributed by atoms with E-state index in [1.54, 1.807) is 14.2 Å². The lowest BCUT2D eigenvalue weighted by molar-refractivity contribution is -0.125. The minimum atomic E-state index is 0.111. The quantitative estimate of drug-likeness (QED) is 0.718.